The van der Waals surface area contributed by atoms with E-state index in [9.17, 15) is 9.18 Å². The average Bonchev–Trinajstić information content (AvgIpc) is 2.50. The summed E-state index contributed by atoms with van der Waals surface area (Å²) in [6.07, 6.45) is 0. The molecule has 2 aromatic carbocycles. The van der Waals surface area contributed by atoms with Crippen molar-refractivity contribution in [1.29, 1.82) is 0 Å². The van der Waals surface area contributed by atoms with Crippen LogP contribution in [0.2, 0.25) is 0 Å². The lowest BCUT2D eigenvalue weighted by Crippen LogP contribution is -2.35. The predicted octanol–water partition coefficient (Wildman–Crippen LogP) is 3.34. The van der Waals surface area contributed by atoms with Crippen LogP contribution < -0.4 is 16.0 Å². The van der Waals surface area contributed by atoms with Gasteiger partial charge in [-0.1, -0.05) is 24.3 Å². The van der Waals surface area contributed by atoms with Gasteiger partial charge < -0.3 is 11.1 Å². The van der Waals surface area contributed by atoms with E-state index >= 15 is 0 Å². The van der Waals surface area contributed by atoms with E-state index in [0.717, 1.165) is 5.56 Å². The predicted molar refractivity (Wildman–Crippen MR) is 82.8 cm³/mol. The molecule has 0 aromatic heterocycles. The largest absolute Gasteiger partial charge is 0.326 e. The molecule has 2 aromatic rings. The van der Waals surface area contributed by atoms with Gasteiger partial charge in [0.15, 0.2) is 0 Å². The fourth-order valence-corrected chi connectivity index (χ4v) is 2.06. The van der Waals surface area contributed by atoms with Crippen molar-refractivity contribution in [3.05, 3.63) is 59.9 Å². The molecule has 0 saturated carbocycles. The van der Waals surface area contributed by atoms with Gasteiger partial charge in [0.2, 0.25) is 0 Å². The second-order valence-corrected chi connectivity index (χ2v) is 4.53. The first kappa shape index (κ1) is 15.0. The van der Waals surface area contributed by atoms with Gasteiger partial charge in [0, 0.05) is 18.8 Å². The minimum absolute atomic E-state index is 0.257. The summed E-state index contributed by atoms with van der Waals surface area (Å²) in [6.45, 7) is 2.56. The van der Waals surface area contributed by atoms with E-state index < -0.39 is 5.82 Å². The van der Waals surface area contributed by atoms with E-state index in [1.165, 1.54) is 11.0 Å². The number of urea groups is 1. The van der Waals surface area contributed by atoms with Crippen LogP contribution in [0, 0.1) is 5.82 Å². The maximum Gasteiger partial charge on any atom is 0.326 e. The van der Waals surface area contributed by atoms with E-state index in [2.05, 4.69) is 5.32 Å². The van der Waals surface area contributed by atoms with Crippen LogP contribution in [0.25, 0.3) is 0 Å². The van der Waals surface area contributed by atoms with Crippen molar-refractivity contribution in [2.24, 2.45) is 5.73 Å². The lowest BCUT2D eigenvalue weighted by molar-refractivity contribution is 0.257. The van der Waals surface area contributed by atoms with Crippen molar-refractivity contribution in [2.45, 2.75) is 13.5 Å². The molecule has 0 heterocycles. The number of carbonyl (C=O) groups is 1. The minimum Gasteiger partial charge on any atom is -0.326 e. The maximum absolute atomic E-state index is 13.8. The van der Waals surface area contributed by atoms with E-state index in [1.54, 1.807) is 37.3 Å². The highest BCUT2D eigenvalue weighted by Gasteiger charge is 2.17. The van der Waals surface area contributed by atoms with Crippen molar-refractivity contribution in [2.75, 3.05) is 16.8 Å². The number of nitrogens with zero attached hydrogens (tertiary/aromatic N) is 1. The normalized spacial score (nSPS) is 10.2. The molecule has 0 atom stereocenters. The van der Waals surface area contributed by atoms with Crippen LogP contribution in [0.1, 0.15) is 12.5 Å². The quantitative estimate of drug-likeness (QED) is 0.906. The second-order valence-electron chi connectivity index (χ2n) is 4.53. The van der Waals surface area contributed by atoms with Gasteiger partial charge in [-0.25, -0.2) is 9.18 Å². The molecule has 0 fully saturated rings. The summed E-state index contributed by atoms with van der Waals surface area (Å²) in [5.41, 5.74) is 7.39. The Hall–Kier alpha value is -2.40. The van der Waals surface area contributed by atoms with Crippen LogP contribution in [-0.2, 0) is 6.54 Å². The highest BCUT2D eigenvalue weighted by atomic mass is 19.1. The Labute approximate surface area is 123 Å². The number of nitrogens with one attached hydrogen (secondary N) is 1. The number of anilines is 2. The Kier molecular flexibility index (Phi) is 4.90. The lowest BCUT2D eigenvalue weighted by atomic mass is 10.2. The van der Waals surface area contributed by atoms with Gasteiger partial charge in [0.05, 0.1) is 5.69 Å². The first-order valence-electron chi connectivity index (χ1n) is 6.77. The van der Waals surface area contributed by atoms with Gasteiger partial charge in [-0.05, 0) is 36.8 Å². The maximum atomic E-state index is 13.8. The van der Waals surface area contributed by atoms with Crippen LogP contribution in [0.3, 0.4) is 0 Å². The summed E-state index contributed by atoms with van der Waals surface area (Å²) in [5, 5.41) is 2.76. The number of hydrogen-bond acceptors (Lipinski definition) is 2. The number of halogens is 1. The van der Waals surface area contributed by atoms with Crippen LogP contribution >= 0.6 is 0 Å². The molecular weight excluding hydrogens is 269 g/mol. The number of carbonyl (C=O) groups excluding carboxylic acids is 1. The molecule has 2 amide bonds. The highest BCUT2D eigenvalue weighted by molar-refractivity contribution is 6.01. The van der Waals surface area contributed by atoms with Gasteiger partial charge in [0.1, 0.15) is 5.82 Å². The molecular formula is C16H18FN3O. The van der Waals surface area contributed by atoms with Gasteiger partial charge in [0.25, 0.3) is 0 Å². The monoisotopic (exact) mass is 287 g/mol. The standard InChI is InChI=1S/C16H18FN3O/c1-2-20(15-9-4-3-8-14(15)17)16(21)19-13-7-5-6-12(10-13)11-18/h3-10H,2,11,18H2,1H3,(H,19,21). The van der Waals surface area contributed by atoms with Crippen LogP contribution in [-0.4, -0.2) is 12.6 Å². The molecule has 5 heteroatoms. The summed E-state index contributed by atoms with van der Waals surface area (Å²) in [7, 11) is 0. The fourth-order valence-electron chi connectivity index (χ4n) is 2.06. The first-order chi connectivity index (χ1) is 10.2. The van der Waals surface area contributed by atoms with Crippen LogP contribution in [0.4, 0.5) is 20.6 Å². The van der Waals surface area contributed by atoms with Crippen LogP contribution in [0.15, 0.2) is 48.5 Å². The van der Waals surface area contributed by atoms with Crippen LogP contribution in [0.5, 0.6) is 0 Å². The van der Waals surface area contributed by atoms with E-state index in [1.807, 2.05) is 12.1 Å². The van der Waals surface area contributed by atoms with Gasteiger partial charge >= 0.3 is 6.03 Å². The van der Waals surface area contributed by atoms with Gasteiger partial charge in [-0.3, -0.25) is 4.90 Å². The molecule has 0 aliphatic rings. The molecule has 0 saturated heterocycles. The molecule has 2 rings (SSSR count). The summed E-state index contributed by atoms with van der Waals surface area (Å²) in [6, 6.07) is 13.1. The molecule has 0 unspecified atom stereocenters. The third-order valence-corrected chi connectivity index (χ3v) is 3.12. The summed E-state index contributed by atoms with van der Waals surface area (Å²) < 4.78 is 13.8. The zero-order chi connectivity index (χ0) is 15.2. The van der Waals surface area contributed by atoms with Crippen molar-refractivity contribution in [3.63, 3.8) is 0 Å². The molecule has 3 N–H and O–H groups in total. The number of amides is 2. The number of para-hydroxylation sites is 1. The Morgan fingerprint density at radius 1 is 1.24 bits per heavy atom. The minimum atomic E-state index is -0.426. The zero-order valence-corrected chi connectivity index (χ0v) is 11.8. The Balaban J connectivity index is 2.19. The summed E-state index contributed by atoms with van der Waals surface area (Å²) in [5.74, 6) is -0.426. The highest BCUT2D eigenvalue weighted by Crippen LogP contribution is 2.20. The van der Waals surface area contributed by atoms with Crippen molar-refractivity contribution in [1.82, 2.24) is 0 Å². The number of nitrogens with two attached hydrogens (primary N) is 1. The average molecular weight is 287 g/mol. The zero-order valence-electron chi connectivity index (χ0n) is 11.8. The molecule has 0 bridgehead atoms. The fraction of sp³-hybridized carbons (Fsp3) is 0.188. The third kappa shape index (κ3) is 3.58. The van der Waals surface area contributed by atoms with Crippen molar-refractivity contribution < 1.29 is 9.18 Å². The van der Waals surface area contributed by atoms with E-state index in [0.29, 0.717) is 18.8 Å². The lowest BCUT2D eigenvalue weighted by Gasteiger charge is -2.22. The summed E-state index contributed by atoms with van der Waals surface area (Å²) in [4.78, 5) is 13.7. The van der Waals surface area contributed by atoms with E-state index in [4.69, 9.17) is 5.73 Å². The van der Waals surface area contributed by atoms with Gasteiger partial charge in [-0.2, -0.15) is 0 Å². The molecule has 4 nitrogen and oxygen atoms in total. The Bertz CT molecular complexity index is 630. The molecule has 0 aliphatic carbocycles. The number of rotatable bonds is 4. The van der Waals surface area contributed by atoms with E-state index in [-0.39, 0.29) is 11.7 Å². The Morgan fingerprint density at radius 2 is 2.00 bits per heavy atom. The second kappa shape index (κ2) is 6.85. The smallest absolute Gasteiger partial charge is 0.326 e. The third-order valence-electron chi connectivity index (χ3n) is 3.12. The summed E-state index contributed by atoms with van der Waals surface area (Å²) >= 11 is 0. The Morgan fingerprint density at radius 3 is 2.67 bits per heavy atom. The number of hydrogen-bond donors (Lipinski definition) is 2. The molecule has 0 spiro atoms. The van der Waals surface area contributed by atoms with Crippen molar-refractivity contribution in [3.8, 4) is 0 Å². The van der Waals surface area contributed by atoms with Gasteiger partial charge in [-0.15, -0.1) is 0 Å². The number of benzene rings is 2. The SMILES string of the molecule is CCN(C(=O)Nc1cccc(CN)c1)c1ccccc1F. The van der Waals surface area contributed by atoms with Crippen molar-refractivity contribution >= 4 is 17.4 Å². The molecule has 0 radical (unpaired) electrons. The molecule has 21 heavy (non-hydrogen) atoms. The molecule has 110 valence electrons. The molecule has 0 aliphatic heterocycles. The topological polar surface area (TPSA) is 58.4 Å². The first-order valence-corrected chi connectivity index (χ1v) is 6.77.